The van der Waals surface area contributed by atoms with Gasteiger partial charge in [-0.25, -0.2) is 0 Å². The lowest BCUT2D eigenvalue weighted by atomic mass is 10.0. The molecule has 0 amide bonds. The monoisotopic (exact) mass is 212 g/mol. The number of carbonyl (C=O) groups is 1. The first kappa shape index (κ1) is 10.4. The van der Waals surface area contributed by atoms with Crippen LogP contribution in [0.4, 0.5) is 0 Å². The third-order valence-corrected chi connectivity index (χ3v) is 2.52. The summed E-state index contributed by atoms with van der Waals surface area (Å²) in [5.41, 5.74) is 0.660. The van der Waals surface area contributed by atoms with E-state index in [9.17, 15) is 4.79 Å². The van der Waals surface area contributed by atoms with Crippen molar-refractivity contribution in [3.05, 3.63) is 54.6 Å². The molecule has 0 spiro atoms. The fraction of sp³-hybridized carbons (Fsp3) is 0.0714. The second kappa shape index (κ2) is 4.19. The van der Waals surface area contributed by atoms with E-state index in [4.69, 9.17) is 4.74 Å². The zero-order valence-electron chi connectivity index (χ0n) is 9.07. The van der Waals surface area contributed by atoms with Gasteiger partial charge in [-0.1, -0.05) is 24.8 Å². The van der Waals surface area contributed by atoms with Crippen LogP contribution in [0.1, 0.15) is 10.4 Å². The molecule has 0 heterocycles. The minimum atomic E-state index is -0.0577. The molecule has 0 atom stereocenters. The highest BCUT2D eigenvalue weighted by Gasteiger charge is 2.02. The minimum absolute atomic E-state index is 0.0577. The minimum Gasteiger partial charge on any atom is -0.497 e. The summed E-state index contributed by atoms with van der Waals surface area (Å²) in [6.07, 6.45) is 1.32. The van der Waals surface area contributed by atoms with E-state index >= 15 is 0 Å². The maximum Gasteiger partial charge on any atom is 0.185 e. The Labute approximate surface area is 94.2 Å². The Morgan fingerprint density at radius 2 is 1.88 bits per heavy atom. The summed E-state index contributed by atoms with van der Waals surface area (Å²) in [5.74, 6) is 0.757. The quantitative estimate of drug-likeness (QED) is 0.576. The Kier molecular flexibility index (Phi) is 2.73. The molecule has 80 valence electrons. The molecule has 0 radical (unpaired) electrons. The van der Waals surface area contributed by atoms with Crippen LogP contribution in [0, 0.1) is 0 Å². The molecule has 0 aromatic heterocycles. The van der Waals surface area contributed by atoms with E-state index in [-0.39, 0.29) is 5.78 Å². The highest BCUT2D eigenvalue weighted by atomic mass is 16.5. The largest absolute Gasteiger partial charge is 0.497 e. The Morgan fingerprint density at radius 1 is 1.19 bits per heavy atom. The van der Waals surface area contributed by atoms with Crippen molar-refractivity contribution in [2.75, 3.05) is 7.11 Å². The third-order valence-electron chi connectivity index (χ3n) is 2.52. The van der Waals surface area contributed by atoms with Gasteiger partial charge in [-0.05, 0) is 35.0 Å². The van der Waals surface area contributed by atoms with Crippen LogP contribution in [-0.2, 0) is 0 Å². The molecule has 2 heteroatoms. The van der Waals surface area contributed by atoms with Gasteiger partial charge in [0.15, 0.2) is 5.78 Å². The maximum atomic E-state index is 11.4. The van der Waals surface area contributed by atoms with Gasteiger partial charge in [0.1, 0.15) is 5.75 Å². The molecule has 2 aromatic rings. The topological polar surface area (TPSA) is 26.3 Å². The van der Waals surface area contributed by atoms with Crippen molar-refractivity contribution < 1.29 is 9.53 Å². The molecule has 0 saturated carbocycles. The maximum absolute atomic E-state index is 11.4. The van der Waals surface area contributed by atoms with Gasteiger partial charge in [0, 0.05) is 5.56 Å². The van der Waals surface area contributed by atoms with Gasteiger partial charge >= 0.3 is 0 Å². The number of hydrogen-bond acceptors (Lipinski definition) is 2. The Morgan fingerprint density at radius 3 is 2.56 bits per heavy atom. The van der Waals surface area contributed by atoms with E-state index in [2.05, 4.69) is 6.58 Å². The lowest BCUT2D eigenvalue weighted by Crippen LogP contribution is -1.93. The molecule has 0 unspecified atom stereocenters. The first-order valence-electron chi connectivity index (χ1n) is 4.99. The molecular weight excluding hydrogens is 200 g/mol. The van der Waals surface area contributed by atoms with E-state index in [0.29, 0.717) is 5.56 Å². The van der Waals surface area contributed by atoms with Gasteiger partial charge < -0.3 is 4.74 Å². The molecule has 2 aromatic carbocycles. The average Bonchev–Trinajstić information content (AvgIpc) is 2.36. The summed E-state index contributed by atoms with van der Waals surface area (Å²) < 4.78 is 5.14. The molecule has 0 aliphatic carbocycles. The number of methoxy groups -OCH3 is 1. The molecule has 2 rings (SSSR count). The van der Waals surface area contributed by atoms with Crippen LogP contribution in [0.15, 0.2) is 49.1 Å². The smallest absolute Gasteiger partial charge is 0.185 e. The van der Waals surface area contributed by atoms with Gasteiger partial charge in [-0.2, -0.15) is 0 Å². The van der Waals surface area contributed by atoms with Crippen LogP contribution >= 0.6 is 0 Å². The fourth-order valence-electron chi connectivity index (χ4n) is 1.62. The van der Waals surface area contributed by atoms with Crippen molar-refractivity contribution >= 4 is 16.6 Å². The van der Waals surface area contributed by atoms with Crippen molar-refractivity contribution in [1.29, 1.82) is 0 Å². The lowest BCUT2D eigenvalue weighted by Gasteiger charge is -2.03. The van der Waals surface area contributed by atoms with Crippen LogP contribution in [0.2, 0.25) is 0 Å². The zero-order valence-corrected chi connectivity index (χ0v) is 9.07. The fourth-order valence-corrected chi connectivity index (χ4v) is 1.62. The van der Waals surface area contributed by atoms with Gasteiger partial charge in [-0.15, -0.1) is 0 Å². The first-order chi connectivity index (χ1) is 7.74. The number of hydrogen-bond donors (Lipinski definition) is 0. The van der Waals surface area contributed by atoms with Gasteiger partial charge in [0.25, 0.3) is 0 Å². The van der Waals surface area contributed by atoms with Crippen molar-refractivity contribution in [2.45, 2.75) is 0 Å². The second-order valence-corrected chi connectivity index (χ2v) is 3.50. The van der Waals surface area contributed by atoms with Crippen molar-refractivity contribution in [3.63, 3.8) is 0 Å². The van der Waals surface area contributed by atoms with Gasteiger partial charge in [0.05, 0.1) is 7.11 Å². The van der Waals surface area contributed by atoms with E-state index in [1.807, 2.05) is 30.3 Å². The number of rotatable bonds is 3. The van der Waals surface area contributed by atoms with E-state index < -0.39 is 0 Å². The predicted octanol–water partition coefficient (Wildman–Crippen LogP) is 3.22. The number of ether oxygens (including phenoxy) is 1. The standard InChI is InChI=1S/C14H12O2/c1-3-14(15)12-5-4-11-9-13(16-2)7-6-10(11)8-12/h3-9H,1H2,2H3. The number of fused-ring (bicyclic) bond motifs is 1. The molecule has 0 N–H and O–H groups in total. The molecule has 0 aliphatic rings. The van der Waals surface area contributed by atoms with Crippen molar-refractivity contribution in [2.24, 2.45) is 0 Å². The normalized spacial score (nSPS) is 10.1. The lowest BCUT2D eigenvalue weighted by molar-refractivity contribution is 0.104. The van der Waals surface area contributed by atoms with E-state index in [0.717, 1.165) is 16.5 Å². The van der Waals surface area contributed by atoms with Gasteiger partial charge in [0.2, 0.25) is 0 Å². The van der Waals surface area contributed by atoms with Gasteiger partial charge in [-0.3, -0.25) is 4.79 Å². The van der Waals surface area contributed by atoms with Crippen LogP contribution in [0.25, 0.3) is 10.8 Å². The SMILES string of the molecule is C=CC(=O)c1ccc2cc(OC)ccc2c1. The second-order valence-electron chi connectivity index (χ2n) is 3.50. The zero-order chi connectivity index (χ0) is 11.5. The number of benzene rings is 2. The summed E-state index contributed by atoms with van der Waals surface area (Å²) in [4.78, 5) is 11.4. The van der Waals surface area contributed by atoms with Crippen LogP contribution in [-0.4, -0.2) is 12.9 Å². The highest BCUT2D eigenvalue weighted by Crippen LogP contribution is 2.22. The first-order valence-corrected chi connectivity index (χ1v) is 4.99. The summed E-state index contributed by atoms with van der Waals surface area (Å²) in [6, 6.07) is 11.3. The molecule has 16 heavy (non-hydrogen) atoms. The molecule has 2 nitrogen and oxygen atoms in total. The molecule has 0 aliphatic heterocycles. The molecule has 0 fully saturated rings. The van der Waals surface area contributed by atoms with E-state index in [1.54, 1.807) is 13.2 Å². The van der Waals surface area contributed by atoms with Crippen LogP contribution in [0.3, 0.4) is 0 Å². The van der Waals surface area contributed by atoms with Crippen molar-refractivity contribution in [1.82, 2.24) is 0 Å². The number of allylic oxidation sites excluding steroid dienone is 1. The number of ketones is 1. The Balaban J connectivity index is 2.55. The summed E-state index contributed by atoms with van der Waals surface area (Å²) >= 11 is 0. The highest BCUT2D eigenvalue weighted by molar-refractivity contribution is 6.06. The summed E-state index contributed by atoms with van der Waals surface area (Å²) in [6.45, 7) is 3.47. The number of carbonyl (C=O) groups excluding carboxylic acids is 1. The molecular formula is C14H12O2. The summed E-state index contributed by atoms with van der Waals surface area (Å²) in [7, 11) is 1.64. The Hall–Kier alpha value is -2.09. The predicted molar refractivity (Wildman–Crippen MR) is 65.0 cm³/mol. The average molecular weight is 212 g/mol. The Bertz CT molecular complexity index is 556. The summed E-state index contributed by atoms with van der Waals surface area (Å²) in [5, 5.41) is 2.08. The van der Waals surface area contributed by atoms with Crippen molar-refractivity contribution in [3.8, 4) is 5.75 Å². The van der Waals surface area contributed by atoms with Crippen LogP contribution in [0.5, 0.6) is 5.75 Å². The molecule has 0 bridgehead atoms. The third kappa shape index (κ3) is 1.82. The van der Waals surface area contributed by atoms with Crippen LogP contribution < -0.4 is 4.74 Å². The molecule has 0 saturated heterocycles. The van der Waals surface area contributed by atoms with E-state index in [1.165, 1.54) is 6.08 Å².